The maximum atomic E-state index is 10.8. The maximum absolute atomic E-state index is 10.8. The summed E-state index contributed by atoms with van der Waals surface area (Å²) in [7, 11) is -1.64. The van der Waals surface area contributed by atoms with Gasteiger partial charge in [0.05, 0.1) is 0 Å². The second-order valence-corrected chi connectivity index (χ2v) is 12.5. The molecule has 19 heavy (non-hydrogen) atoms. The maximum Gasteiger partial charge on any atom is 0.145 e. The van der Waals surface area contributed by atoms with Crippen molar-refractivity contribution < 1.29 is 4.79 Å². The third-order valence-electron chi connectivity index (χ3n) is 4.49. The van der Waals surface area contributed by atoms with Gasteiger partial charge in [-0.25, -0.2) is 0 Å². The summed E-state index contributed by atoms with van der Waals surface area (Å²) in [4.78, 5) is 10.8. The molecule has 0 rings (SSSR count). The van der Waals surface area contributed by atoms with Crippen LogP contribution in [0.2, 0.25) is 16.6 Å². The lowest BCUT2D eigenvalue weighted by Gasteiger charge is -2.38. The van der Waals surface area contributed by atoms with E-state index in [1.54, 1.807) is 0 Å². The van der Waals surface area contributed by atoms with Crippen LogP contribution in [0.15, 0.2) is 0 Å². The lowest BCUT2D eigenvalue weighted by molar-refractivity contribution is -0.108. The van der Waals surface area contributed by atoms with Crippen LogP contribution in [-0.4, -0.2) is 14.4 Å². The Kier molecular flexibility index (Phi) is 7.67. The van der Waals surface area contributed by atoms with Crippen LogP contribution in [0, 0.1) is 23.3 Å². The van der Waals surface area contributed by atoms with Gasteiger partial charge in [-0.1, -0.05) is 55.4 Å². The molecule has 0 heterocycles. The SMILES string of the molecule is CC(C)[C@H](C#C[Si](C(C)C)(C(C)C)C(C)C)CC=O. The second kappa shape index (κ2) is 7.90. The quantitative estimate of drug-likeness (QED) is 0.377. The van der Waals surface area contributed by atoms with Crippen LogP contribution in [0.5, 0.6) is 0 Å². The van der Waals surface area contributed by atoms with Gasteiger partial charge in [-0.15, -0.1) is 11.5 Å². The lowest BCUT2D eigenvalue weighted by Crippen LogP contribution is -2.43. The fraction of sp³-hybridized carbons (Fsp3) is 0.824. The molecule has 0 aliphatic carbocycles. The summed E-state index contributed by atoms with van der Waals surface area (Å²) in [5.41, 5.74) is 5.70. The van der Waals surface area contributed by atoms with Gasteiger partial charge < -0.3 is 4.79 Å². The molecule has 1 atom stereocenters. The molecule has 0 amide bonds. The van der Waals surface area contributed by atoms with Gasteiger partial charge in [-0.3, -0.25) is 0 Å². The fourth-order valence-electron chi connectivity index (χ4n) is 3.25. The topological polar surface area (TPSA) is 17.1 Å². The van der Waals surface area contributed by atoms with Crippen molar-refractivity contribution >= 4 is 14.4 Å². The molecule has 0 aromatic rings. The summed E-state index contributed by atoms with van der Waals surface area (Å²) in [6.45, 7) is 18.3. The summed E-state index contributed by atoms with van der Waals surface area (Å²) in [6.07, 6.45) is 1.59. The van der Waals surface area contributed by atoms with Gasteiger partial charge in [0.1, 0.15) is 14.4 Å². The van der Waals surface area contributed by atoms with E-state index in [0.29, 0.717) is 29.0 Å². The first-order valence-corrected chi connectivity index (χ1v) is 9.89. The minimum atomic E-state index is -1.64. The zero-order valence-electron chi connectivity index (χ0n) is 14.1. The van der Waals surface area contributed by atoms with Gasteiger partial charge >= 0.3 is 0 Å². The first kappa shape index (κ1) is 18.4. The average Bonchev–Trinajstić information content (AvgIpc) is 2.26. The average molecular weight is 281 g/mol. The zero-order valence-corrected chi connectivity index (χ0v) is 15.1. The minimum absolute atomic E-state index is 0.223. The van der Waals surface area contributed by atoms with Gasteiger partial charge in [0.25, 0.3) is 0 Å². The summed E-state index contributed by atoms with van der Waals surface area (Å²) >= 11 is 0. The third-order valence-corrected chi connectivity index (χ3v) is 10.8. The fourth-order valence-corrected chi connectivity index (χ4v) is 8.55. The first-order chi connectivity index (χ1) is 8.70. The van der Waals surface area contributed by atoms with Crippen LogP contribution < -0.4 is 0 Å². The monoisotopic (exact) mass is 280 g/mol. The summed E-state index contributed by atoms with van der Waals surface area (Å²) in [5, 5.41) is 0. The molecule has 110 valence electrons. The van der Waals surface area contributed by atoms with Gasteiger partial charge in [0, 0.05) is 12.3 Å². The Morgan fingerprint density at radius 3 is 1.58 bits per heavy atom. The van der Waals surface area contributed by atoms with Crippen LogP contribution in [0.4, 0.5) is 0 Å². The highest BCUT2D eigenvalue weighted by Crippen LogP contribution is 2.40. The van der Waals surface area contributed by atoms with Crippen LogP contribution in [-0.2, 0) is 4.79 Å². The molecule has 0 saturated carbocycles. The highest BCUT2D eigenvalue weighted by molar-refractivity contribution is 6.90. The minimum Gasteiger partial charge on any atom is -0.303 e. The van der Waals surface area contributed by atoms with Crippen molar-refractivity contribution in [2.45, 2.75) is 78.4 Å². The normalized spacial score (nSPS) is 13.9. The molecule has 0 N–H and O–H groups in total. The van der Waals surface area contributed by atoms with Gasteiger partial charge in [-0.05, 0) is 22.5 Å². The standard InChI is InChI=1S/C17H32OSi/c1-13(2)17(9-11-18)10-12-19(14(3)4,15(5)6)16(7)8/h11,13-17H,9H2,1-8H3/t17-/m0/s1. The van der Waals surface area contributed by atoms with Crippen molar-refractivity contribution in [3.8, 4) is 11.5 Å². The summed E-state index contributed by atoms with van der Waals surface area (Å²) in [5.74, 6) is 4.16. The van der Waals surface area contributed by atoms with E-state index < -0.39 is 8.07 Å². The Balaban J connectivity index is 5.50. The Morgan fingerprint density at radius 2 is 1.32 bits per heavy atom. The summed E-state index contributed by atoms with van der Waals surface area (Å²) in [6, 6.07) is 0. The number of rotatable bonds is 6. The molecule has 0 bridgehead atoms. The molecular formula is C17H32OSi. The smallest absolute Gasteiger partial charge is 0.145 e. The van der Waals surface area contributed by atoms with Gasteiger partial charge in [0.2, 0.25) is 0 Å². The van der Waals surface area contributed by atoms with Crippen LogP contribution >= 0.6 is 0 Å². The second-order valence-electron chi connectivity index (χ2n) is 6.92. The van der Waals surface area contributed by atoms with Crippen molar-refractivity contribution in [3.05, 3.63) is 0 Å². The zero-order chi connectivity index (χ0) is 15.2. The number of aldehydes is 1. The molecule has 0 spiro atoms. The molecule has 0 saturated heterocycles. The van der Waals surface area contributed by atoms with E-state index in [4.69, 9.17) is 0 Å². The van der Waals surface area contributed by atoms with Gasteiger partial charge in [-0.2, -0.15) is 0 Å². The van der Waals surface area contributed by atoms with Crippen molar-refractivity contribution in [2.75, 3.05) is 0 Å². The molecule has 0 unspecified atom stereocenters. The molecule has 1 nitrogen and oxygen atoms in total. The number of hydrogen-bond acceptors (Lipinski definition) is 1. The molecule has 0 aromatic carbocycles. The van der Waals surface area contributed by atoms with Crippen LogP contribution in [0.1, 0.15) is 61.8 Å². The number of hydrogen-bond donors (Lipinski definition) is 0. The van der Waals surface area contributed by atoms with Crippen molar-refractivity contribution in [1.82, 2.24) is 0 Å². The molecule has 0 fully saturated rings. The predicted molar refractivity (Wildman–Crippen MR) is 87.8 cm³/mol. The van der Waals surface area contributed by atoms with Crippen LogP contribution in [0.3, 0.4) is 0 Å². The lowest BCUT2D eigenvalue weighted by atomic mass is 9.94. The highest BCUT2D eigenvalue weighted by atomic mass is 28.3. The Morgan fingerprint density at radius 1 is 0.895 bits per heavy atom. The predicted octanol–water partition coefficient (Wildman–Crippen LogP) is 5.07. The Bertz CT molecular complexity index is 309. The Hall–Kier alpha value is -0.553. The molecule has 0 aromatic heterocycles. The molecule has 2 heteroatoms. The van der Waals surface area contributed by atoms with E-state index >= 15 is 0 Å². The van der Waals surface area contributed by atoms with E-state index in [9.17, 15) is 4.79 Å². The summed E-state index contributed by atoms with van der Waals surface area (Å²) < 4.78 is 0. The number of carbonyl (C=O) groups excluding carboxylic acids is 1. The third kappa shape index (κ3) is 4.49. The van der Waals surface area contributed by atoms with Crippen molar-refractivity contribution in [2.24, 2.45) is 11.8 Å². The van der Waals surface area contributed by atoms with Gasteiger partial charge in [0.15, 0.2) is 0 Å². The number of carbonyl (C=O) groups is 1. The highest BCUT2D eigenvalue weighted by Gasteiger charge is 2.41. The van der Waals surface area contributed by atoms with E-state index in [-0.39, 0.29) is 5.92 Å². The largest absolute Gasteiger partial charge is 0.303 e. The van der Waals surface area contributed by atoms with E-state index in [1.807, 2.05) is 0 Å². The Labute approximate surface area is 121 Å². The molecule has 0 aliphatic rings. The van der Waals surface area contributed by atoms with Crippen LogP contribution in [0.25, 0.3) is 0 Å². The molecule has 0 aliphatic heterocycles. The van der Waals surface area contributed by atoms with E-state index in [0.717, 1.165) is 6.29 Å². The van der Waals surface area contributed by atoms with Crippen molar-refractivity contribution in [1.29, 1.82) is 0 Å². The van der Waals surface area contributed by atoms with Crippen molar-refractivity contribution in [3.63, 3.8) is 0 Å². The first-order valence-electron chi connectivity index (χ1n) is 7.66. The van der Waals surface area contributed by atoms with E-state index in [1.165, 1.54) is 0 Å². The van der Waals surface area contributed by atoms with E-state index in [2.05, 4.69) is 66.9 Å². The molecule has 0 radical (unpaired) electrons. The molecular weight excluding hydrogens is 248 g/mol.